The number of thiazole rings is 2. The largest absolute Gasteiger partial charge is 0.375 e. The van der Waals surface area contributed by atoms with Crippen molar-refractivity contribution in [2.45, 2.75) is 83.2 Å². The van der Waals surface area contributed by atoms with Crippen molar-refractivity contribution in [2.24, 2.45) is 0 Å². The van der Waals surface area contributed by atoms with Gasteiger partial charge in [-0.1, -0.05) is 13.8 Å². The summed E-state index contributed by atoms with van der Waals surface area (Å²) in [4.78, 5) is 12.6. The zero-order valence-corrected chi connectivity index (χ0v) is 18.7. The molecule has 28 heavy (non-hydrogen) atoms. The summed E-state index contributed by atoms with van der Waals surface area (Å²) >= 11 is 3.64. The minimum Gasteiger partial charge on any atom is -0.375 e. The highest BCUT2D eigenvalue weighted by atomic mass is 32.1. The summed E-state index contributed by atoms with van der Waals surface area (Å²) in [5.74, 6) is 0.451. The molecule has 2 aromatic heterocycles. The van der Waals surface area contributed by atoms with Crippen molar-refractivity contribution < 1.29 is 0 Å². The third kappa shape index (κ3) is 4.42. The summed E-state index contributed by atoms with van der Waals surface area (Å²) in [5.41, 5.74) is 8.64. The van der Waals surface area contributed by atoms with Gasteiger partial charge in [-0.05, 0) is 58.0 Å². The van der Waals surface area contributed by atoms with Gasteiger partial charge in [0, 0.05) is 34.2 Å². The summed E-state index contributed by atoms with van der Waals surface area (Å²) in [6, 6.07) is 1.13. The smallest absolute Gasteiger partial charge is 0.180 e. The Hall–Kier alpha value is -1.02. The van der Waals surface area contributed by atoms with E-state index >= 15 is 0 Å². The van der Waals surface area contributed by atoms with E-state index in [2.05, 4.69) is 29.5 Å². The lowest BCUT2D eigenvalue weighted by Crippen LogP contribution is -2.39. The number of nitrogens with one attached hydrogen (secondary N) is 2. The van der Waals surface area contributed by atoms with Crippen LogP contribution in [0.5, 0.6) is 0 Å². The predicted octanol–water partition coefficient (Wildman–Crippen LogP) is 3.68. The summed E-state index contributed by atoms with van der Waals surface area (Å²) in [7, 11) is 0. The van der Waals surface area contributed by atoms with Gasteiger partial charge >= 0.3 is 0 Å². The molecule has 5 nitrogen and oxygen atoms in total. The molecule has 0 saturated carbocycles. The first-order valence-corrected chi connectivity index (χ1v) is 12.5. The quantitative estimate of drug-likeness (QED) is 0.608. The molecule has 2 heterocycles. The molecule has 0 bridgehead atoms. The van der Waals surface area contributed by atoms with Crippen molar-refractivity contribution >= 4 is 27.8 Å². The molecule has 0 radical (unpaired) electrons. The lowest BCUT2D eigenvalue weighted by atomic mass is 9.84. The number of hydrogen-bond donors (Lipinski definition) is 3. The summed E-state index contributed by atoms with van der Waals surface area (Å²) < 4.78 is 0. The van der Waals surface area contributed by atoms with Crippen LogP contribution >= 0.6 is 22.7 Å². The standard InChI is InChI=1S/C21H33N5S2/c1-3-9-23-13-5-6-16-18(11-13)27-19(25-16)12-14-15(24-10-4-2)7-8-17-20(14)28-21(22)26-17/h13-15,23-24H,3-12H2,1-2H3,(H2,22,26)/t13-,14+,15-/m0/s1. The monoisotopic (exact) mass is 419 g/mol. The predicted molar refractivity (Wildman–Crippen MR) is 120 cm³/mol. The maximum Gasteiger partial charge on any atom is 0.180 e. The number of aromatic nitrogens is 2. The molecule has 0 spiro atoms. The number of aryl methyl sites for hydroxylation is 2. The van der Waals surface area contributed by atoms with E-state index in [1.54, 1.807) is 11.3 Å². The van der Waals surface area contributed by atoms with E-state index in [1.165, 1.54) is 45.4 Å². The Kier molecular flexibility index (Phi) is 6.66. The van der Waals surface area contributed by atoms with Crippen molar-refractivity contribution in [1.29, 1.82) is 0 Å². The number of nitrogens with zero attached hydrogens (tertiary/aromatic N) is 2. The molecule has 7 heteroatoms. The van der Waals surface area contributed by atoms with Crippen LogP contribution in [-0.4, -0.2) is 35.1 Å². The van der Waals surface area contributed by atoms with Crippen LogP contribution in [0.3, 0.4) is 0 Å². The summed E-state index contributed by atoms with van der Waals surface area (Å²) in [5, 5.41) is 9.50. The molecule has 0 aromatic carbocycles. The van der Waals surface area contributed by atoms with Crippen LogP contribution in [0.4, 0.5) is 5.13 Å². The Bertz CT molecular complexity index is 784. The summed E-state index contributed by atoms with van der Waals surface area (Å²) in [6.07, 6.45) is 9.05. The topological polar surface area (TPSA) is 75.9 Å². The van der Waals surface area contributed by atoms with Gasteiger partial charge in [-0.3, -0.25) is 0 Å². The molecule has 4 N–H and O–H groups in total. The average molecular weight is 420 g/mol. The highest BCUT2D eigenvalue weighted by molar-refractivity contribution is 7.15. The van der Waals surface area contributed by atoms with E-state index in [9.17, 15) is 0 Å². The molecule has 2 aliphatic rings. The molecule has 0 amide bonds. The third-order valence-electron chi connectivity index (χ3n) is 5.98. The van der Waals surface area contributed by atoms with Gasteiger partial charge in [0.1, 0.15) is 0 Å². The van der Waals surface area contributed by atoms with Gasteiger partial charge in [-0.15, -0.1) is 22.7 Å². The molecule has 0 unspecified atom stereocenters. The van der Waals surface area contributed by atoms with Crippen LogP contribution in [0.2, 0.25) is 0 Å². The van der Waals surface area contributed by atoms with Crippen molar-refractivity contribution in [3.05, 3.63) is 26.1 Å². The minimum atomic E-state index is 0.451. The normalized spacial score (nSPS) is 24.1. The second-order valence-corrected chi connectivity index (χ2v) is 10.4. The van der Waals surface area contributed by atoms with Crippen molar-refractivity contribution in [3.63, 3.8) is 0 Å². The first-order valence-electron chi connectivity index (χ1n) is 10.9. The van der Waals surface area contributed by atoms with E-state index in [0.717, 1.165) is 50.3 Å². The van der Waals surface area contributed by atoms with Crippen molar-refractivity contribution in [2.75, 3.05) is 18.8 Å². The fourth-order valence-electron chi connectivity index (χ4n) is 4.56. The molecule has 154 valence electrons. The number of nitrogens with two attached hydrogens (primary N) is 1. The zero-order chi connectivity index (χ0) is 19.5. The third-order valence-corrected chi connectivity index (χ3v) is 8.18. The Balaban J connectivity index is 1.51. The van der Waals surface area contributed by atoms with Crippen LogP contribution in [-0.2, 0) is 25.7 Å². The molecule has 2 aliphatic carbocycles. The van der Waals surface area contributed by atoms with E-state index in [0.29, 0.717) is 18.0 Å². The molecule has 4 rings (SSSR count). The molecule has 0 saturated heterocycles. The van der Waals surface area contributed by atoms with Crippen molar-refractivity contribution in [3.8, 4) is 0 Å². The van der Waals surface area contributed by atoms with Crippen LogP contribution in [0, 0.1) is 0 Å². The van der Waals surface area contributed by atoms with Gasteiger partial charge in [0.15, 0.2) is 5.13 Å². The number of rotatable bonds is 8. The molecule has 0 fully saturated rings. The second-order valence-electron chi connectivity index (χ2n) is 8.14. The van der Waals surface area contributed by atoms with Gasteiger partial charge < -0.3 is 16.4 Å². The average Bonchev–Trinajstić information content (AvgIpc) is 3.27. The van der Waals surface area contributed by atoms with Gasteiger partial charge in [-0.2, -0.15) is 0 Å². The first kappa shape index (κ1) is 20.3. The Labute approximate surface area is 176 Å². The molecule has 2 aromatic rings. The number of fused-ring (bicyclic) bond motifs is 2. The SMILES string of the molecule is CCCN[C@H]1CCc2nc(C[C@H]3c4sc(N)nc4CC[C@@H]3NCCC)sc2C1. The van der Waals surface area contributed by atoms with Gasteiger partial charge in [0.2, 0.25) is 0 Å². The molecular weight excluding hydrogens is 386 g/mol. The lowest BCUT2D eigenvalue weighted by molar-refractivity contribution is 0.387. The minimum absolute atomic E-state index is 0.451. The van der Waals surface area contributed by atoms with Crippen LogP contribution < -0.4 is 16.4 Å². The maximum absolute atomic E-state index is 6.06. The van der Waals surface area contributed by atoms with E-state index in [4.69, 9.17) is 10.7 Å². The van der Waals surface area contributed by atoms with Crippen LogP contribution in [0.15, 0.2) is 0 Å². The molecular formula is C21H33N5S2. The Morgan fingerprint density at radius 2 is 1.79 bits per heavy atom. The summed E-state index contributed by atoms with van der Waals surface area (Å²) in [6.45, 7) is 6.66. The number of anilines is 1. The number of nitrogen functional groups attached to an aromatic ring is 1. The number of hydrogen-bond acceptors (Lipinski definition) is 7. The highest BCUT2D eigenvalue weighted by Gasteiger charge is 2.33. The maximum atomic E-state index is 6.06. The molecule has 0 aliphatic heterocycles. The fourth-order valence-corrected chi connectivity index (χ4v) is 6.86. The van der Waals surface area contributed by atoms with E-state index in [1.807, 2.05) is 11.3 Å². The van der Waals surface area contributed by atoms with E-state index < -0.39 is 0 Å². The van der Waals surface area contributed by atoms with Gasteiger partial charge in [-0.25, -0.2) is 9.97 Å². The van der Waals surface area contributed by atoms with E-state index in [-0.39, 0.29) is 0 Å². The van der Waals surface area contributed by atoms with Crippen LogP contribution in [0.1, 0.15) is 71.6 Å². The van der Waals surface area contributed by atoms with Gasteiger partial charge in [0.25, 0.3) is 0 Å². The fraction of sp³-hybridized carbons (Fsp3) is 0.714. The Morgan fingerprint density at radius 3 is 2.61 bits per heavy atom. The Morgan fingerprint density at radius 1 is 1.00 bits per heavy atom. The zero-order valence-electron chi connectivity index (χ0n) is 17.1. The second kappa shape index (κ2) is 9.20. The van der Waals surface area contributed by atoms with Crippen LogP contribution in [0.25, 0.3) is 0 Å². The van der Waals surface area contributed by atoms with Gasteiger partial charge in [0.05, 0.1) is 16.4 Å². The highest BCUT2D eigenvalue weighted by Crippen LogP contribution is 2.40. The first-order chi connectivity index (χ1) is 13.7. The molecule has 3 atom stereocenters. The van der Waals surface area contributed by atoms with Crippen molar-refractivity contribution in [1.82, 2.24) is 20.6 Å². The lowest BCUT2D eigenvalue weighted by Gasteiger charge is -2.31.